The van der Waals surface area contributed by atoms with Crippen molar-refractivity contribution in [2.24, 2.45) is 0 Å². The predicted octanol–water partition coefficient (Wildman–Crippen LogP) is 1.57. The van der Waals surface area contributed by atoms with Crippen molar-refractivity contribution in [2.45, 2.75) is 19.1 Å². The van der Waals surface area contributed by atoms with Gasteiger partial charge in [0, 0.05) is 12.1 Å². The van der Waals surface area contributed by atoms with Crippen LogP contribution in [-0.4, -0.2) is 26.3 Å². The molecule has 1 heterocycles. The molecule has 82 valence electrons. The van der Waals surface area contributed by atoms with Crippen molar-refractivity contribution >= 4 is 0 Å². The number of ether oxygens (including phenoxy) is 2. The largest absolute Gasteiger partial charge is 0.496 e. The first kappa shape index (κ1) is 10.5. The van der Waals surface area contributed by atoms with Crippen LogP contribution in [0, 0.1) is 0 Å². The summed E-state index contributed by atoms with van der Waals surface area (Å²) >= 11 is 0. The molecular weight excluding hydrogens is 190 g/mol. The molecule has 2 rings (SSSR count). The molecule has 3 nitrogen and oxygen atoms in total. The molecule has 1 aromatic carbocycles. The molecular formula is C12H17NO2. The van der Waals surface area contributed by atoms with E-state index in [4.69, 9.17) is 9.47 Å². The Morgan fingerprint density at radius 3 is 3.00 bits per heavy atom. The van der Waals surface area contributed by atoms with Gasteiger partial charge in [-0.3, -0.25) is 0 Å². The predicted molar refractivity (Wildman–Crippen MR) is 59.1 cm³/mol. The molecule has 3 heteroatoms. The van der Waals surface area contributed by atoms with Gasteiger partial charge in [0.25, 0.3) is 0 Å². The second kappa shape index (κ2) is 5.14. The van der Waals surface area contributed by atoms with E-state index in [-0.39, 0.29) is 0 Å². The van der Waals surface area contributed by atoms with Crippen molar-refractivity contribution < 1.29 is 9.47 Å². The average Bonchev–Trinajstić information content (AvgIpc) is 2.79. The third-order valence-corrected chi connectivity index (χ3v) is 2.68. The van der Waals surface area contributed by atoms with Crippen LogP contribution in [-0.2, 0) is 11.3 Å². The first-order valence-electron chi connectivity index (χ1n) is 5.34. The van der Waals surface area contributed by atoms with Gasteiger partial charge < -0.3 is 14.8 Å². The molecule has 0 unspecified atom stereocenters. The smallest absolute Gasteiger partial charge is 0.124 e. The molecule has 0 radical (unpaired) electrons. The van der Waals surface area contributed by atoms with Gasteiger partial charge in [-0.15, -0.1) is 0 Å². The van der Waals surface area contributed by atoms with Crippen LogP contribution < -0.4 is 10.1 Å². The summed E-state index contributed by atoms with van der Waals surface area (Å²) in [6, 6.07) is 7.99. The SMILES string of the molecule is COc1ccccc1CO[C@H]1CCNC1. The third kappa shape index (κ3) is 2.70. The summed E-state index contributed by atoms with van der Waals surface area (Å²) in [5, 5.41) is 3.28. The summed E-state index contributed by atoms with van der Waals surface area (Å²) in [4.78, 5) is 0. The highest BCUT2D eigenvalue weighted by Crippen LogP contribution is 2.19. The van der Waals surface area contributed by atoms with Crippen molar-refractivity contribution in [3.8, 4) is 5.75 Å². The summed E-state index contributed by atoms with van der Waals surface area (Å²) in [6.07, 6.45) is 1.46. The van der Waals surface area contributed by atoms with Crippen LogP contribution >= 0.6 is 0 Å². The molecule has 0 aromatic heterocycles. The normalized spacial score (nSPS) is 20.5. The van der Waals surface area contributed by atoms with E-state index < -0.39 is 0 Å². The molecule has 1 saturated heterocycles. The summed E-state index contributed by atoms with van der Waals surface area (Å²) < 4.78 is 11.1. The van der Waals surface area contributed by atoms with E-state index in [9.17, 15) is 0 Å². The Balaban J connectivity index is 1.91. The van der Waals surface area contributed by atoms with Gasteiger partial charge >= 0.3 is 0 Å². The van der Waals surface area contributed by atoms with Crippen LogP contribution in [0.1, 0.15) is 12.0 Å². The van der Waals surface area contributed by atoms with Crippen LogP contribution in [0.2, 0.25) is 0 Å². The molecule has 0 aliphatic carbocycles. The van der Waals surface area contributed by atoms with Crippen molar-refractivity contribution in [1.29, 1.82) is 0 Å². The maximum atomic E-state index is 5.79. The van der Waals surface area contributed by atoms with E-state index in [0.29, 0.717) is 12.7 Å². The molecule has 0 spiro atoms. The number of hydrogen-bond donors (Lipinski definition) is 1. The van der Waals surface area contributed by atoms with Crippen LogP contribution in [0.15, 0.2) is 24.3 Å². The lowest BCUT2D eigenvalue weighted by Gasteiger charge is -2.12. The Morgan fingerprint density at radius 2 is 2.27 bits per heavy atom. The van der Waals surface area contributed by atoms with E-state index in [2.05, 4.69) is 5.32 Å². The van der Waals surface area contributed by atoms with E-state index in [1.807, 2.05) is 24.3 Å². The average molecular weight is 207 g/mol. The summed E-state index contributed by atoms with van der Waals surface area (Å²) in [5.41, 5.74) is 1.12. The zero-order valence-corrected chi connectivity index (χ0v) is 9.03. The number of rotatable bonds is 4. The van der Waals surface area contributed by atoms with Gasteiger partial charge in [0.2, 0.25) is 0 Å². The number of para-hydroxylation sites is 1. The van der Waals surface area contributed by atoms with Gasteiger partial charge in [-0.05, 0) is 19.0 Å². The molecule has 1 aliphatic heterocycles. The number of nitrogens with one attached hydrogen (secondary N) is 1. The van der Waals surface area contributed by atoms with Crippen molar-refractivity contribution in [3.63, 3.8) is 0 Å². The molecule has 0 saturated carbocycles. The maximum absolute atomic E-state index is 5.79. The zero-order chi connectivity index (χ0) is 10.5. The summed E-state index contributed by atoms with van der Waals surface area (Å²) in [7, 11) is 1.69. The van der Waals surface area contributed by atoms with Gasteiger partial charge in [-0.25, -0.2) is 0 Å². The Hall–Kier alpha value is -1.06. The second-order valence-electron chi connectivity index (χ2n) is 3.74. The van der Waals surface area contributed by atoms with Gasteiger partial charge in [0.15, 0.2) is 0 Å². The first-order chi connectivity index (χ1) is 7.40. The van der Waals surface area contributed by atoms with Gasteiger partial charge in [-0.1, -0.05) is 18.2 Å². The lowest BCUT2D eigenvalue weighted by atomic mass is 10.2. The minimum absolute atomic E-state index is 0.356. The fourth-order valence-corrected chi connectivity index (χ4v) is 1.80. The molecule has 1 atom stereocenters. The third-order valence-electron chi connectivity index (χ3n) is 2.68. The summed E-state index contributed by atoms with van der Waals surface area (Å²) in [5.74, 6) is 0.906. The first-order valence-corrected chi connectivity index (χ1v) is 5.34. The molecule has 0 amide bonds. The second-order valence-corrected chi connectivity index (χ2v) is 3.74. The lowest BCUT2D eigenvalue weighted by molar-refractivity contribution is 0.0531. The lowest BCUT2D eigenvalue weighted by Crippen LogP contribution is -2.16. The van der Waals surface area contributed by atoms with Crippen molar-refractivity contribution in [1.82, 2.24) is 5.32 Å². The van der Waals surface area contributed by atoms with Gasteiger partial charge in [0.1, 0.15) is 5.75 Å². The Bertz CT molecular complexity index is 308. The highest BCUT2D eigenvalue weighted by Gasteiger charge is 2.15. The number of hydrogen-bond acceptors (Lipinski definition) is 3. The van der Waals surface area contributed by atoms with Crippen LogP contribution in [0.4, 0.5) is 0 Å². The molecule has 15 heavy (non-hydrogen) atoms. The molecule has 1 aromatic rings. The Labute approximate surface area is 90.4 Å². The fourth-order valence-electron chi connectivity index (χ4n) is 1.80. The van der Waals surface area contributed by atoms with Crippen molar-refractivity contribution in [2.75, 3.05) is 20.2 Å². The quantitative estimate of drug-likeness (QED) is 0.813. The monoisotopic (exact) mass is 207 g/mol. The van der Waals surface area contributed by atoms with Crippen LogP contribution in [0.3, 0.4) is 0 Å². The van der Waals surface area contributed by atoms with E-state index >= 15 is 0 Å². The van der Waals surface area contributed by atoms with Crippen molar-refractivity contribution in [3.05, 3.63) is 29.8 Å². The molecule has 1 aliphatic rings. The molecule has 1 fully saturated rings. The van der Waals surface area contributed by atoms with E-state index in [0.717, 1.165) is 30.8 Å². The maximum Gasteiger partial charge on any atom is 0.124 e. The van der Waals surface area contributed by atoms with E-state index in [1.54, 1.807) is 7.11 Å². The number of methoxy groups -OCH3 is 1. The Kier molecular flexibility index (Phi) is 3.59. The zero-order valence-electron chi connectivity index (χ0n) is 9.03. The minimum Gasteiger partial charge on any atom is -0.496 e. The standard InChI is InChI=1S/C12H17NO2/c1-14-12-5-3-2-4-10(12)9-15-11-6-7-13-8-11/h2-5,11,13H,6-9H2,1H3/t11-/m0/s1. The van der Waals surface area contributed by atoms with E-state index in [1.165, 1.54) is 0 Å². The van der Waals surface area contributed by atoms with Gasteiger partial charge in [-0.2, -0.15) is 0 Å². The number of benzene rings is 1. The highest BCUT2D eigenvalue weighted by molar-refractivity contribution is 5.32. The molecule has 1 N–H and O–H groups in total. The van der Waals surface area contributed by atoms with Crippen LogP contribution in [0.5, 0.6) is 5.75 Å². The Morgan fingerprint density at radius 1 is 1.40 bits per heavy atom. The topological polar surface area (TPSA) is 30.5 Å². The fraction of sp³-hybridized carbons (Fsp3) is 0.500. The minimum atomic E-state index is 0.356. The molecule has 0 bridgehead atoms. The highest BCUT2D eigenvalue weighted by atomic mass is 16.5. The van der Waals surface area contributed by atoms with Gasteiger partial charge in [0.05, 0.1) is 19.8 Å². The summed E-state index contributed by atoms with van der Waals surface area (Å²) in [6.45, 7) is 2.67. The van der Waals surface area contributed by atoms with Crippen LogP contribution in [0.25, 0.3) is 0 Å².